The van der Waals surface area contributed by atoms with Gasteiger partial charge in [0.15, 0.2) is 0 Å². The van der Waals surface area contributed by atoms with Crippen LogP contribution in [0.25, 0.3) is 0 Å². The molecule has 0 aliphatic carbocycles. The van der Waals surface area contributed by atoms with Crippen LogP contribution in [0, 0.1) is 0 Å². The Labute approximate surface area is 148 Å². The normalized spacial score (nSPS) is 16.2. The van der Waals surface area contributed by atoms with E-state index in [4.69, 9.17) is 5.73 Å². The molecule has 2 amide bonds. The third-order valence-electron chi connectivity index (χ3n) is 4.15. The second kappa shape index (κ2) is 9.08. The van der Waals surface area contributed by atoms with Gasteiger partial charge in [-0.2, -0.15) is 11.8 Å². The largest absolute Gasteiger partial charge is 0.366 e. The Balaban J connectivity index is 1.88. The van der Waals surface area contributed by atoms with Crippen LogP contribution in [0.5, 0.6) is 0 Å². The highest BCUT2D eigenvalue weighted by atomic mass is 32.2. The predicted octanol–water partition coefficient (Wildman–Crippen LogP) is 2.08. The highest BCUT2D eigenvalue weighted by Gasteiger charge is 2.20. The summed E-state index contributed by atoms with van der Waals surface area (Å²) in [5, 5.41) is 0.665. The van der Waals surface area contributed by atoms with Crippen molar-refractivity contribution in [3.63, 3.8) is 0 Å². The molecule has 2 N–H and O–H groups in total. The summed E-state index contributed by atoms with van der Waals surface area (Å²) < 4.78 is 0. The van der Waals surface area contributed by atoms with E-state index in [-0.39, 0.29) is 5.91 Å². The van der Waals surface area contributed by atoms with Gasteiger partial charge in [0.1, 0.15) is 0 Å². The minimum atomic E-state index is -0.473. The first-order chi connectivity index (χ1) is 11.5. The fourth-order valence-corrected chi connectivity index (χ4v) is 3.61. The predicted molar refractivity (Wildman–Crippen MR) is 99.5 cm³/mol. The van der Waals surface area contributed by atoms with Crippen molar-refractivity contribution < 1.29 is 9.59 Å². The molecule has 0 aromatic heterocycles. The summed E-state index contributed by atoms with van der Waals surface area (Å²) in [6.45, 7) is 9.02. The molecule has 0 radical (unpaired) electrons. The van der Waals surface area contributed by atoms with Crippen molar-refractivity contribution in [3.8, 4) is 0 Å². The van der Waals surface area contributed by atoms with Crippen molar-refractivity contribution in [2.75, 3.05) is 38.5 Å². The molecule has 1 saturated heterocycles. The minimum Gasteiger partial charge on any atom is -0.366 e. The molecule has 1 aliphatic heterocycles. The highest BCUT2D eigenvalue weighted by Crippen LogP contribution is 2.13. The molecule has 132 valence electrons. The van der Waals surface area contributed by atoms with E-state index in [9.17, 15) is 9.59 Å². The van der Waals surface area contributed by atoms with Crippen LogP contribution in [0.3, 0.4) is 0 Å². The summed E-state index contributed by atoms with van der Waals surface area (Å²) >= 11 is 1.98. The summed E-state index contributed by atoms with van der Waals surface area (Å²) in [5.41, 5.74) is 6.28. The van der Waals surface area contributed by atoms with Crippen LogP contribution in [-0.4, -0.2) is 65.3 Å². The van der Waals surface area contributed by atoms with E-state index in [1.54, 1.807) is 24.3 Å². The van der Waals surface area contributed by atoms with E-state index < -0.39 is 5.91 Å². The SMILES string of the molecule is CC(C)SCCN1CCCN(C(=O)c2ccc(C(N)=O)cc2)CC1. The Morgan fingerprint density at radius 2 is 1.75 bits per heavy atom. The van der Waals surface area contributed by atoms with Crippen LogP contribution < -0.4 is 5.73 Å². The zero-order chi connectivity index (χ0) is 17.5. The number of carbonyl (C=O) groups is 2. The molecule has 1 aromatic rings. The number of nitrogens with zero attached hydrogens (tertiary/aromatic N) is 2. The number of hydrogen-bond donors (Lipinski definition) is 1. The topological polar surface area (TPSA) is 66.6 Å². The van der Waals surface area contributed by atoms with E-state index in [0.29, 0.717) is 16.4 Å². The van der Waals surface area contributed by atoms with E-state index in [1.165, 1.54) is 0 Å². The fraction of sp³-hybridized carbons (Fsp3) is 0.556. The van der Waals surface area contributed by atoms with E-state index in [2.05, 4.69) is 18.7 Å². The lowest BCUT2D eigenvalue weighted by molar-refractivity contribution is 0.0761. The Morgan fingerprint density at radius 1 is 1.08 bits per heavy atom. The van der Waals surface area contributed by atoms with Gasteiger partial charge in [-0.1, -0.05) is 13.8 Å². The quantitative estimate of drug-likeness (QED) is 0.854. The number of hydrogen-bond acceptors (Lipinski definition) is 4. The molecular formula is C18H27N3O2S. The van der Waals surface area contributed by atoms with Gasteiger partial charge in [-0.3, -0.25) is 9.59 Å². The third kappa shape index (κ3) is 5.53. The molecule has 1 heterocycles. The van der Waals surface area contributed by atoms with Gasteiger partial charge in [0.25, 0.3) is 5.91 Å². The number of rotatable bonds is 6. The minimum absolute atomic E-state index is 0.0319. The maximum atomic E-state index is 12.6. The maximum absolute atomic E-state index is 12.6. The number of carbonyl (C=O) groups excluding carboxylic acids is 2. The maximum Gasteiger partial charge on any atom is 0.253 e. The summed E-state index contributed by atoms with van der Waals surface area (Å²) in [6, 6.07) is 6.60. The number of primary amides is 1. The Kier molecular flexibility index (Phi) is 7.12. The number of thioether (sulfide) groups is 1. The molecule has 0 bridgehead atoms. The van der Waals surface area contributed by atoms with Gasteiger partial charge >= 0.3 is 0 Å². The number of nitrogens with two attached hydrogens (primary N) is 1. The molecule has 24 heavy (non-hydrogen) atoms. The van der Waals surface area contributed by atoms with Crippen molar-refractivity contribution in [1.82, 2.24) is 9.80 Å². The lowest BCUT2D eigenvalue weighted by Gasteiger charge is -2.22. The summed E-state index contributed by atoms with van der Waals surface area (Å²) in [5.74, 6) is 0.698. The van der Waals surface area contributed by atoms with Gasteiger partial charge < -0.3 is 15.5 Å². The molecule has 5 nitrogen and oxygen atoms in total. The van der Waals surface area contributed by atoms with Crippen LogP contribution in [0.2, 0.25) is 0 Å². The van der Waals surface area contributed by atoms with Crippen LogP contribution in [0.4, 0.5) is 0 Å². The Hall–Kier alpha value is -1.53. The standard InChI is InChI=1S/C18H27N3O2S/c1-14(2)24-13-12-20-8-3-9-21(11-10-20)18(23)16-6-4-15(5-7-16)17(19)22/h4-7,14H,3,8-13H2,1-2H3,(H2,19,22). The molecule has 0 saturated carbocycles. The first-order valence-electron chi connectivity index (χ1n) is 8.50. The molecule has 2 rings (SSSR count). The number of benzene rings is 1. The monoisotopic (exact) mass is 349 g/mol. The van der Waals surface area contributed by atoms with Gasteiger partial charge in [0.05, 0.1) is 0 Å². The average Bonchev–Trinajstić information content (AvgIpc) is 2.79. The molecule has 1 aliphatic rings. The van der Waals surface area contributed by atoms with Gasteiger partial charge in [-0.05, 0) is 42.5 Å². The lowest BCUT2D eigenvalue weighted by atomic mass is 10.1. The molecule has 1 fully saturated rings. The van der Waals surface area contributed by atoms with Crippen molar-refractivity contribution >= 4 is 23.6 Å². The molecule has 6 heteroatoms. The van der Waals surface area contributed by atoms with Crippen molar-refractivity contribution in [3.05, 3.63) is 35.4 Å². The molecule has 0 spiro atoms. The third-order valence-corrected chi connectivity index (χ3v) is 5.24. The molecular weight excluding hydrogens is 322 g/mol. The average molecular weight is 350 g/mol. The highest BCUT2D eigenvalue weighted by molar-refractivity contribution is 7.99. The van der Waals surface area contributed by atoms with Gasteiger partial charge in [0.2, 0.25) is 5.91 Å². The van der Waals surface area contributed by atoms with Gasteiger partial charge in [-0.25, -0.2) is 0 Å². The Bertz CT molecular complexity index is 560. The molecule has 0 atom stereocenters. The summed E-state index contributed by atoms with van der Waals surface area (Å²) in [6.07, 6.45) is 0.997. The van der Waals surface area contributed by atoms with E-state index >= 15 is 0 Å². The van der Waals surface area contributed by atoms with E-state index in [0.717, 1.165) is 44.9 Å². The first kappa shape index (κ1) is 18.8. The molecule has 1 aromatic carbocycles. The fourth-order valence-electron chi connectivity index (χ4n) is 2.77. The summed E-state index contributed by atoms with van der Waals surface area (Å²) in [4.78, 5) is 28.1. The first-order valence-corrected chi connectivity index (χ1v) is 9.55. The van der Waals surface area contributed by atoms with Gasteiger partial charge in [0, 0.05) is 43.1 Å². The van der Waals surface area contributed by atoms with Gasteiger partial charge in [-0.15, -0.1) is 0 Å². The van der Waals surface area contributed by atoms with Crippen molar-refractivity contribution in [2.45, 2.75) is 25.5 Å². The van der Waals surface area contributed by atoms with E-state index in [1.807, 2.05) is 16.7 Å². The zero-order valence-corrected chi connectivity index (χ0v) is 15.3. The van der Waals surface area contributed by atoms with Crippen molar-refractivity contribution in [2.24, 2.45) is 5.73 Å². The van der Waals surface area contributed by atoms with Crippen molar-refractivity contribution in [1.29, 1.82) is 0 Å². The molecule has 0 unspecified atom stereocenters. The zero-order valence-electron chi connectivity index (χ0n) is 14.5. The van der Waals surface area contributed by atoms with Crippen LogP contribution in [-0.2, 0) is 0 Å². The summed E-state index contributed by atoms with van der Waals surface area (Å²) in [7, 11) is 0. The smallest absolute Gasteiger partial charge is 0.253 e. The van der Waals surface area contributed by atoms with Crippen LogP contribution in [0.1, 0.15) is 41.0 Å². The second-order valence-electron chi connectivity index (χ2n) is 6.35. The van der Waals surface area contributed by atoms with Crippen LogP contribution in [0.15, 0.2) is 24.3 Å². The second-order valence-corrected chi connectivity index (χ2v) is 8.03. The lowest BCUT2D eigenvalue weighted by Crippen LogP contribution is -2.35. The number of amides is 2. The van der Waals surface area contributed by atoms with Crippen LogP contribution >= 0.6 is 11.8 Å². The Morgan fingerprint density at radius 3 is 2.38 bits per heavy atom.